The quantitative estimate of drug-likeness (QED) is 0.309. The smallest absolute Gasteiger partial charge is 0.338 e. The molecule has 6 heteroatoms. The van der Waals surface area contributed by atoms with Gasteiger partial charge >= 0.3 is 5.97 Å². The van der Waals surface area contributed by atoms with Crippen LogP contribution in [0.15, 0.2) is 78.9 Å². The standard InChI is InChI=1S/C29H34N2O4/c1-29(2,3)35-27(28(33)34-19-21-9-6-5-7-10-21)26(31-20-32)24-15-13-23(14-16-24)25-12-8-11-22(17-25)18-30-4/h5-17,20,26-27,30H,18-19H2,1-4H3,(H,31,32). The third kappa shape index (κ3) is 7.77. The van der Waals surface area contributed by atoms with Crippen molar-refractivity contribution < 1.29 is 19.1 Å². The van der Waals surface area contributed by atoms with Gasteiger partial charge in [0.05, 0.1) is 11.6 Å². The summed E-state index contributed by atoms with van der Waals surface area (Å²) < 4.78 is 11.7. The van der Waals surface area contributed by atoms with Gasteiger partial charge in [0.1, 0.15) is 6.61 Å². The average molecular weight is 475 g/mol. The molecule has 3 aromatic carbocycles. The summed E-state index contributed by atoms with van der Waals surface area (Å²) in [5, 5.41) is 5.94. The molecule has 3 aromatic rings. The molecule has 184 valence electrons. The Kier molecular flexibility index (Phi) is 9.18. The van der Waals surface area contributed by atoms with Gasteiger partial charge in [-0.05, 0) is 61.7 Å². The van der Waals surface area contributed by atoms with Crippen molar-refractivity contribution in [2.75, 3.05) is 7.05 Å². The number of hydrogen-bond acceptors (Lipinski definition) is 5. The van der Waals surface area contributed by atoms with Crippen molar-refractivity contribution in [1.29, 1.82) is 0 Å². The summed E-state index contributed by atoms with van der Waals surface area (Å²) in [5.41, 5.74) is 4.31. The maximum Gasteiger partial charge on any atom is 0.338 e. The summed E-state index contributed by atoms with van der Waals surface area (Å²) in [5.74, 6) is -0.535. The number of esters is 1. The van der Waals surface area contributed by atoms with Gasteiger partial charge in [-0.25, -0.2) is 4.79 Å². The second kappa shape index (κ2) is 12.3. The van der Waals surface area contributed by atoms with Crippen molar-refractivity contribution in [1.82, 2.24) is 10.6 Å². The number of benzene rings is 3. The van der Waals surface area contributed by atoms with Gasteiger partial charge in [-0.15, -0.1) is 0 Å². The summed E-state index contributed by atoms with van der Waals surface area (Å²) in [6.07, 6.45) is -0.433. The Morgan fingerprint density at radius 2 is 1.60 bits per heavy atom. The van der Waals surface area contributed by atoms with Gasteiger partial charge in [0.2, 0.25) is 6.41 Å². The van der Waals surface area contributed by atoms with Crippen molar-refractivity contribution in [2.24, 2.45) is 0 Å². The van der Waals surface area contributed by atoms with Crippen molar-refractivity contribution in [2.45, 2.75) is 51.7 Å². The molecule has 0 heterocycles. The van der Waals surface area contributed by atoms with E-state index in [0.29, 0.717) is 6.41 Å². The van der Waals surface area contributed by atoms with Gasteiger partial charge in [0.25, 0.3) is 0 Å². The number of carbonyl (C=O) groups is 2. The molecule has 0 spiro atoms. The van der Waals surface area contributed by atoms with E-state index in [2.05, 4.69) is 28.8 Å². The molecule has 0 radical (unpaired) electrons. The second-order valence-corrected chi connectivity index (χ2v) is 9.36. The maximum atomic E-state index is 13.2. The van der Waals surface area contributed by atoms with Crippen molar-refractivity contribution >= 4 is 12.4 Å². The van der Waals surface area contributed by atoms with Gasteiger partial charge in [-0.1, -0.05) is 72.8 Å². The van der Waals surface area contributed by atoms with Crippen LogP contribution >= 0.6 is 0 Å². The van der Waals surface area contributed by atoms with E-state index >= 15 is 0 Å². The zero-order valence-electron chi connectivity index (χ0n) is 20.8. The molecule has 0 aliphatic rings. The number of rotatable bonds is 11. The molecule has 6 nitrogen and oxygen atoms in total. The van der Waals surface area contributed by atoms with Crippen molar-refractivity contribution in [3.63, 3.8) is 0 Å². The first-order valence-corrected chi connectivity index (χ1v) is 11.7. The molecular formula is C29H34N2O4. The molecule has 0 saturated carbocycles. The maximum absolute atomic E-state index is 13.2. The third-order valence-corrected chi connectivity index (χ3v) is 5.40. The van der Waals surface area contributed by atoms with E-state index in [-0.39, 0.29) is 6.61 Å². The first-order chi connectivity index (χ1) is 16.8. The van der Waals surface area contributed by atoms with Crippen molar-refractivity contribution in [3.05, 3.63) is 95.6 Å². The second-order valence-electron chi connectivity index (χ2n) is 9.36. The van der Waals surface area contributed by atoms with Crippen LogP contribution in [0, 0.1) is 0 Å². The number of carbonyl (C=O) groups excluding carboxylic acids is 2. The first-order valence-electron chi connectivity index (χ1n) is 11.7. The van der Waals surface area contributed by atoms with E-state index < -0.39 is 23.7 Å². The Hall–Kier alpha value is -3.48. The molecule has 0 aliphatic heterocycles. The topological polar surface area (TPSA) is 76.7 Å². The lowest BCUT2D eigenvalue weighted by Crippen LogP contribution is -2.44. The molecule has 1 amide bonds. The molecule has 2 atom stereocenters. The van der Waals surface area contributed by atoms with E-state index in [0.717, 1.165) is 28.8 Å². The van der Waals surface area contributed by atoms with Gasteiger partial charge in [0, 0.05) is 6.54 Å². The predicted molar refractivity (Wildman–Crippen MR) is 137 cm³/mol. The molecular weight excluding hydrogens is 440 g/mol. The van der Waals surface area contributed by atoms with Gasteiger partial charge in [0.15, 0.2) is 6.10 Å². The Balaban J connectivity index is 1.85. The highest BCUT2D eigenvalue weighted by molar-refractivity contribution is 5.77. The van der Waals surface area contributed by atoms with Crippen LogP contribution in [0.1, 0.15) is 43.5 Å². The highest BCUT2D eigenvalue weighted by Crippen LogP contribution is 2.28. The Labute approximate surface area is 207 Å². The van der Waals surface area contributed by atoms with Crippen LogP contribution in [0.25, 0.3) is 11.1 Å². The Morgan fingerprint density at radius 1 is 0.914 bits per heavy atom. The fourth-order valence-corrected chi connectivity index (χ4v) is 3.82. The van der Waals surface area contributed by atoms with Crippen LogP contribution in [0.3, 0.4) is 0 Å². The lowest BCUT2D eigenvalue weighted by atomic mass is 9.96. The number of amides is 1. The monoisotopic (exact) mass is 474 g/mol. The highest BCUT2D eigenvalue weighted by Gasteiger charge is 2.35. The van der Waals surface area contributed by atoms with E-state index in [9.17, 15) is 9.59 Å². The summed E-state index contributed by atoms with van der Waals surface area (Å²) in [7, 11) is 1.92. The lowest BCUT2D eigenvalue weighted by Gasteiger charge is -2.31. The van der Waals surface area contributed by atoms with Crippen LogP contribution in [0.2, 0.25) is 0 Å². The van der Waals surface area contributed by atoms with Crippen LogP contribution < -0.4 is 10.6 Å². The minimum absolute atomic E-state index is 0.124. The zero-order chi connectivity index (χ0) is 25.3. The molecule has 3 rings (SSSR count). The molecule has 0 aromatic heterocycles. The molecule has 2 N–H and O–H groups in total. The fraction of sp³-hybridized carbons (Fsp3) is 0.310. The summed E-state index contributed by atoms with van der Waals surface area (Å²) >= 11 is 0. The zero-order valence-corrected chi connectivity index (χ0v) is 20.8. The molecule has 0 fully saturated rings. The molecule has 0 aliphatic carbocycles. The largest absolute Gasteiger partial charge is 0.459 e. The minimum atomic E-state index is -1.02. The van der Waals surface area contributed by atoms with Gasteiger partial charge in [-0.2, -0.15) is 0 Å². The number of hydrogen-bond donors (Lipinski definition) is 2. The van der Waals surface area contributed by atoms with Crippen LogP contribution in [-0.4, -0.2) is 31.1 Å². The summed E-state index contributed by atoms with van der Waals surface area (Å²) in [6.45, 7) is 6.50. The Bertz CT molecular complexity index is 1090. The summed E-state index contributed by atoms with van der Waals surface area (Å²) in [4.78, 5) is 24.7. The van der Waals surface area contributed by atoms with Crippen LogP contribution in [0.4, 0.5) is 0 Å². The van der Waals surface area contributed by atoms with Crippen LogP contribution in [-0.2, 0) is 32.2 Å². The van der Waals surface area contributed by atoms with E-state index in [1.54, 1.807) is 0 Å². The first kappa shape index (κ1) is 26.1. The van der Waals surface area contributed by atoms with E-state index in [4.69, 9.17) is 9.47 Å². The van der Waals surface area contributed by atoms with Gasteiger partial charge in [-0.3, -0.25) is 4.79 Å². The van der Waals surface area contributed by atoms with E-state index in [1.165, 1.54) is 5.56 Å². The van der Waals surface area contributed by atoms with Crippen LogP contribution in [0.5, 0.6) is 0 Å². The van der Waals surface area contributed by atoms with Gasteiger partial charge < -0.3 is 20.1 Å². The highest BCUT2D eigenvalue weighted by atomic mass is 16.6. The normalized spacial score (nSPS) is 13.0. The van der Waals surface area contributed by atoms with E-state index in [1.807, 2.05) is 88.5 Å². The third-order valence-electron chi connectivity index (χ3n) is 5.40. The minimum Gasteiger partial charge on any atom is -0.459 e. The molecule has 2 unspecified atom stereocenters. The van der Waals surface area contributed by atoms with Crippen molar-refractivity contribution in [3.8, 4) is 11.1 Å². The molecule has 0 saturated heterocycles. The molecule has 35 heavy (non-hydrogen) atoms. The molecule has 0 bridgehead atoms. The summed E-state index contributed by atoms with van der Waals surface area (Å²) in [6, 6.07) is 24.8. The number of nitrogens with one attached hydrogen (secondary N) is 2. The predicted octanol–water partition coefficient (Wildman–Crippen LogP) is 4.79. The Morgan fingerprint density at radius 3 is 2.23 bits per heavy atom. The SMILES string of the molecule is CNCc1cccc(-c2ccc(C(NC=O)C(OC(C)(C)C)C(=O)OCc3ccccc3)cc2)c1. The average Bonchev–Trinajstić information content (AvgIpc) is 2.85. The fourth-order valence-electron chi connectivity index (χ4n) is 3.82. The number of ether oxygens (including phenoxy) is 2. The lowest BCUT2D eigenvalue weighted by molar-refractivity contribution is -0.171.